The summed E-state index contributed by atoms with van der Waals surface area (Å²) in [6.45, 7) is 9.53. The summed E-state index contributed by atoms with van der Waals surface area (Å²) >= 11 is 6.47. The van der Waals surface area contributed by atoms with Crippen LogP contribution in [0.5, 0.6) is 5.75 Å². The summed E-state index contributed by atoms with van der Waals surface area (Å²) in [5, 5.41) is 3.41. The van der Waals surface area contributed by atoms with Crippen molar-refractivity contribution in [1.29, 1.82) is 0 Å². The van der Waals surface area contributed by atoms with E-state index in [2.05, 4.69) is 50.7 Å². The molecule has 2 aliphatic rings. The summed E-state index contributed by atoms with van der Waals surface area (Å²) in [7, 11) is 4.41. The first kappa shape index (κ1) is 36.0. The molecule has 2 aromatic rings. The lowest BCUT2D eigenvalue weighted by Gasteiger charge is -2.34. The van der Waals surface area contributed by atoms with Crippen LogP contribution in [0.2, 0.25) is 5.02 Å². The van der Waals surface area contributed by atoms with Crippen molar-refractivity contribution in [2.75, 3.05) is 63.9 Å². The number of aryl methyl sites for hydroxylation is 1. The van der Waals surface area contributed by atoms with E-state index in [0.717, 1.165) is 49.9 Å². The summed E-state index contributed by atoms with van der Waals surface area (Å²) in [6, 6.07) is 3.48. The smallest absolute Gasteiger partial charge is 0.419 e. The molecule has 1 saturated heterocycles. The van der Waals surface area contributed by atoms with Crippen molar-refractivity contribution < 1.29 is 22.1 Å². The number of piperazine rings is 1. The van der Waals surface area contributed by atoms with Crippen molar-refractivity contribution in [3.05, 3.63) is 34.6 Å². The Balaban J connectivity index is 0.000000362. The Hall–Kier alpha value is -2.15. The number of hydrogen-bond acceptors (Lipinski definition) is 7. The third kappa shape index (κ3) is 11.2. The second-order valence-electron chi connectivity index (χ2n) is 10.7. The van der Waals surface area contributed by atoms with Crippen LogP contribution in [0.1, 0.15) is 57.2 Å². The van der Waals surface area contributed by atoms with E-state index in [0.29, 0.717) is 16.5 Å². The Morgan fingerprint density at radius 2 is 1.79 bits per heavy atom. The molecular weight excluding hydrogens is 589 g/mol. The number of rotatable bonds is 7. The number of methoxy groups -OCH3 is 1. The highest BCUT2D eigenvalue weighted by Crippen LogP contribution is 2.38. The molecule has 4 rings (SSSR count). The average Bonchev–Trinajstić information content (AvgIpc) is 3.49. The van der Waals surface area contributed by atoms with E-state index in [-0.39, 0.29) is 11.6 Å². The lowest BCUT2D eigenvalue weighted by Crippen LogP contribution is -2.44. The molecule has 0 spiro atoms. The van der Waals surface area contributed by atoms with Crippen molar-refractivity contribution in [3.8, 4) is 5.75 Å². The molecule has 1 saturated carbocycles. The van der Waals surface area contributed by atoms with Gasteiger partial charge in [-0.05, 0) is 38.9 Å². The number of benzene rings is 1. The minimum Gasteiger partial charge on any atom is -0.494 e. The molecule has 1 aromatic heterocycles. The maximum Gasteiger partial charge on any atom is 0.419 e. The lowest BCUT2D eigenvalue weighted by atomic mass is 9.91. The van der Waals surface area contributed by atoms with Gasteiger partial charge in [-0.15, -0.1) is 0 Å². The predicted molar refractivity (Wildman–Crippen MR) is 167 cm³/mol. The fourth-order valence-corrected chi connectivity index (χ4v) is 5.17. The molecule has 0 bridgehead atoms. The van der Waals surface area contributed by atoms with Crippen LogP contribution < -0.4 is 19.7 Å². The first-order valence-corrected chi connectivity index (χ1v) is 16.2. The number of anilines is 3. The third-order valence-electron chi connectivity index (χ3n) is 7.78. The van der Waals surface area contributed by atoms with Gasteiger partial charge < -0.3 is 19.9 Å². The van der Waals surface area contributed by atoms with Gasteiger partial charge in [-0.2, -0.15) is 13.2 Å². The lowest BCUT2D eigenvalue weighted by molar-refractivity contribution is -0.138. The quantitative estimate of drug-likeness (QED) is 0.351. The van der Waals surface area contributed by atoms with Crippen molar-refractivity contribution in [2.45, 2.75) is 59.1 Å². The molecule has 2 N–H and O–H groups in total. The van der Waals surface area contributed by atoms with Gasteiger partial charge in [-0.1, -0.05) is 57.6 Å². The number of alkyl halides is 3. The fourth-order valence-electron chi connectivity index (χ4n) is 4.88. The molecule has 42 heavy (non-hydrogen) atoms. The minimum absolute atomic E-state index is 0.0345. The second-order valence-corrected chi connectivity index (χ2v) is 12.4. The van der Waals surface area contributed by atoms with Gasteiger partial charge in [0, 0.05) is 44.7 Å². The van der Waals surface area contributed by atoms with Crippen LogP contribution in [0.4, 0.5) is 30.5 Å². The van der Waals surface area contributed by atoms with E-state index >= 15 is 0 Å². The summed E-state index contributed by atoms with van der Waals surface area (Å²) in [5.41, 5.74) is 0.295. The SMILES string of the molecule is CCC(C)C1CCCC1.CNS(C)=O.COc1cc(N2CCN(C)CC2)c(Cl)cc1Nc1ncc(C(F)(F)F)c(C)n1. The first-order chi connectivity index (χ1) is 19.8. The van der Waals surface area contributed by atoms with Crippen molar-refractivity contribution in [3.63, 3.8) is 0 Å². The van der Waals surface area contributed by atoms with E-state index in [9.17, 15) is 17.4 Å². The fraction of sp³-hybridized carbons (Fsp3) is 0.655. The monoisotopic (exact) mass is 634 g/mol. The number of aromatic nitrogens is 2. The Morgan fingerprint density at radius 1 is 1.19 bits per heavy atom. The van der Waals surface area contributed by atoms with E-state index in [4.69, 9.17) is 16.3 Å². The Bertz CT molecular complexity index is 1140. The standard InChI is InChI=1S/C18H21ClF3N5O.C9H18.C2H7NOS/c1-11-12(18(20,21)22)10-23-17(24-11)25-14-8-13(19)15(9-16(14)28-3)27-6-4-26(2)5-7-27;1-3-8(2)9-6-4-5-7-9;1-3-5(2)4/h8-10H,4-7H2,1-3H3,(H,23,24,25);8-9H,3-7H2,1-2H3;3H,1-2H3. The van der Waals surface area contributed by atoms with Gasteiger partial charge in [-0.25, -0.2) is 18.9 Å². The van der Waals surface area contributed by atoms with Gasteiger partial charge in [0.15, 0.2) is 0 Å². The minimum atomic E-state index is -4.49. The second kappa shape index (κ2) is 17.2. The number of hydrogen-bond donors (Lipinski definition) is 2. The number of nitrogens with zero attached hydrogens (tertiary/aromatic N) is 4. The Kier molecular flexibility index (Phi) is 14.8. The van der Waals surface area contributed by atoms with E-state index in [1.165, 1.54) is 46.1 Å². The highest BCUT2D eigenvalue weighted by Gasteiger charge is 2.33. The molecule has 2 unspecified atom stereocenters. The zero-order valence-corrected chi connectivity index (χ0v) is 27.3. The number of nitrogens with one attached hydrogen (secondary N) is 2. The molecule has 2 atom stereocenters. The molecule has 238 valence electrons. The van der Waals surface area contributed by atoms with Gasteiger partial charge in [0.25, 0.3) is 0 Å². The number of ether oxygens (including phenoxy) is 1. The van der Waals surface area contributed by atoms with Gasteiger partial charge >= 0.3 is 6.18 Å². The highest BCUT2D eigenvalue weighted by molar-refractivity contribution is 7.82. The topological polar surface area (TPSA) is 82.6 Å². The molecule has 13 heteroatoms. The Morgan fingerprint density at radius 3 is 2.26 bits per heavy atom. The third-order valence-corrected chi connectivity index (χ3v) is 8.66. The summed E-state index contributed by atoms with van der Waals surface area (Å²) in [4.78, 5) is 12.1. The molecule has 0 amide bonds. The zero-order chi connectivity index (χ0) is 31.4. The normalized spacial score (nSPS) is 17.5. The molecule has 0 radical (unpaired) electrons. The molecule has 1 aromatic carbocycles. The summed E-state index contributed by atoms with van der Waals surface area (Å²) < 4.78 is 56.4. The number of likely N-dealkylation sites (N-methyl/N-ethyl adjacent to an activating group) is 1. The van der Waals surface area contributed by atoms with Crippen LogP contribution in [-0.2, 0) is 17.2 Å². The van der Waals surface area contributed by atoms with Crippen molar-refractivity contribution in [1.82, 2.24) is 19.6 Å². The van der Waals surface area contributed by atoms with Gasteiger partial charge in [0.05, 0.1) is 45.8 Å². The Labute approximate surface area is 256 Å². The predicted octanol–water partition coefficient (Wildman–Crippen LogP) is 6.68. The maximum absolute atomic E-state index is 12.9. The van der Waals surface area contributed by atoms with Crippen LogP contribution >= 0.6 is 11.6 Å². The summed E-state index contributed by atoms with van der Waals surface area (Å²) in [5.74, 6) is 2.61. The van der Waals surface area contributed by atoms with Crippen LogP contribution in [0.15, 0.2) is 18.3 Å². The largest absolute Gasteiger partial charge is 0.494 e. The van der Waals surface area contributed by atoms with Gasteiger partial charge in [0.1, 0.15) is 5.75 Å². The van der Waals surface area contributed by atoms with E-state index in [1.807, 2.05) is 6.07 Å². The highest BCUT2D eigenvalue weighted by atomic mass is 35.5. The molecule has 2 fully saturated rings. The van der Waals surface area contributed by atoms with Crippen LogP contribution in [-0.4, -0.2) is 72.7 Å². The number of halogens is 4. The van der Waals surface area contributed by atoms with Crippen LogP contribution in [0.3, 0.4) is 0 Å². The molecule has 8 nitrogen and oxygen atoms in total. The van der Waals surface area contributed by atoms with Crippen molar-refractivity contribution in [2.24, 2.45) is 11.8 Å². The molecule has 2 heterocycles. The summed E-state index contributed by atoms with van der Waals surface area (Å²) in [6.07, 6.45) is 5.24. The molecule has 1 aliphatic carbocycles. The average molecular weight is 635 g/mol. The van der Waals surface area contributed by atoms with E-state index < -0.39 is 22.7 Å². The van der Waals surface area contributed by atoms with Crippen LogP contribution in [0, 0.1) is 18.8 Å². The first-order valence-electron chi connectivity index (χ1n) is 14.3. The van der Waals surface area contributed by atoms with Gasteiger partial charge in [-0.3, -0.25) is 0 Å². The maximum atomic E-state index is 12.9. The molecule has 1 aliphatic heterocycles. The van der Waals surface area contributed by atoms with Crippen LogP contribution in [0.25, 0.3) is 0 Å². The zero-order valence-electron chi connectivity index (χ0n) is 25.8. The molecular formula is C29H46ClF3N6O2S. The van der Waals surface area contributed by atoms with Crippen molar-refractivity contribution >= 4 is 39.9 Å². The van der Waals surface area contributed by atoms with E-state index in [1.54, 1.807) is 19.4 Å². The van der Waals surface area contributed by atoms with Gasteiger partial charge in [0.2, 0.25) is 5.95 Å².